The molecule has 0 amide bonds. The van der Waals surface area contributed by atoms with Gasteiger partial charge in [0.25, 0.3) is 11.4 Å². The van der Waals surface area contributed by atoms with E-state index in [1.54, 1.807) is 36.7 Å². The van der Waals surface area contributed by atoms with E-state index in [4.69, 9.17) is 8.83 Å². The predicted molar refractivity (Wildman–Crippen MR) is 118 cm³/mol. The first-order chi connectivity index (χ1) is 15.7. The Morgan fingerprint density at radius 1 is 0.875 bits per heavy atom. The average Bonchev–Trinajstić information content (AvgIpc) is 3.45. The summed E-state index contributed by atoms with van der Waals surface area (Å²) in [7, 11) is 0. The Bertz CT molecular complexity index is 1630. The van der Waals surface area contributed by atoms with E-state index in [9.17, 15) is 9.18 Å². The number of oxazole rings is 1. The molecule has 4 aromatic heterocycles. The molecule has 0 spiro atoms. The molecule has 0 aliphatic rings. The van der Waals surface area contributed by atoms with Crippen LogP contribution in [0.2, 0.25) is 0 Å². The average molecular weight is 423 g/mol. The van der Waals surface area contributed by atoms with Crippen molar-refractivity contribution < 1.29 is 13.2 Å². The van der Waals surface area contributed by atoms with Crippen LogP contribution in [0.1, 0.15) is 0 Å². The Hall–Kier alpha value is -4.52. The van der Waals surface area contributed by atoms with Crippen LogP contribution in [0, 0.1) is 5.82 Å². The van der Waals surface area contributed by atoms with Crippen LogP contribution in [0.3, 0.4) is 0 Å². The number of pyridine rings is 2. The number of fused-ring (bicyclic) bond motifs is 2. The third-order valence-corrected chi connectivity index (χ3v) is 5.24. The fourth-order valence-electron chi connectivity index (χ4n) is 3.69. The molecular formula is C25H14FN3O3. The molecular weight excluding hydrogens is 409 g/mol. The minimum Gasteiger partial charge on any atom is -0.451 e. The van der Waals surface area contributed by atoms with Crippen molar-refractivity contribution >= 4 is 21.9 Å². The van der Waals surface area contributed by atoms with E-state index in [2.05, 4.69) is 9.97 Å². The van der Waals surface area contributed by atoms with Crippen molar-refractivity contribution in [1.29, 1.82) is 0 Å². The molecule has 32 heavy (non-hydrogen) atoms. The van der Waals surface area contributed by atoms with Gasteiger partial charge in [0.15, 0.2) is 17.3 Å². The van der Waals surface area contributed by atoms with Crippen LogP contribution >= 0.6 is 0 Å². The monoisotopic (exact) mass is 423 g/mol. The van der Waals surface area contributed by atoms with E-state index >= 15 is 0 Å². The van der Waals surface area contributed by atoms with Crippen LogP contribution in [0.15, 0.2) is 98.8 Å². The third kappa shape index (κ3) is 2.91. The van der Waals surface area contributed by atoms with Crippen molar-refractivity contribution in [2.45, 2.75) is 0 Å². The lowest BCUT2D eigenvalue weighted by molar-refractivity contribution is 0.543. The summed E-state index contributed by atoms with van der Waals surface area (Å²) in [5.74, 6) is 0.846. The van der Waals surface area contributed by atoms with Gasteiger partial charge in [-0.3, -0.25) is 14.3 Å². The summed E-state index contributed by atoms with van der Waals surface area (Å²) in [5.41, 5.74) is 1.24. The summed E-state index contributed by atoms with van der Waals surface area (Å²) < 4.78 is 26.9. The molecule has 0 atom stereocenters. The molecule has 0 saturated carbocycles. The second kappa shape index (κ2) is 7.02. The number of halogens is 1. The van der Waals surface area contributed by atoms with Gasteiger partial charge in [-0.2, -0.15) is 4.98 Å². The standard InChI is InChI=1S/C25H14FN3O3/c26-18-9-7-16(8-10-18)22-23(29-13-11-15-5-3-12-27-21(15)25(29)30)28-24(32-22)20-14-17-4-1-2-6-19(17)31-20/h1-14H. The van der Waals surface area contributed by atoms with Gasteiger partial charge in [-0.1, -0.05) is 24.3 Å². The van der Waals surface area contributed by atoms with Crippen molar-refractivity contribution in [3.8, 4) is 28.8 Å². The molecule has 154 valence electrons. The first kappa shape index (κ1) is 18.3. The van der Waals surface area contributed by atoms with Gasteiger partial charge in [0.05, 0.1) is 0 Å². The van der Waals surface area contributed by atoms with Gasteiger partial charge in [-0.15, -0.1) is 0 Å². The van der Waals surface area contributed by atoms with Crippen molar-refractivity contribution in [3.63, 3.8) is 0 Å². The summed E-state index contributed by atoms with van der Waals surface area (Å²) in [6.07, 6.45) is 3.19. The Labute approximate surface area is 180 Å². The summed E-state index contributed by atoms with van der Waals surface area (Å²) in [6, 6.07) is 20.6. The van der Waals surface area contributed by atoms with Gasteiger partial charge >= 0.3 is 0 Å². The molecule has 0 radical (unpaired) electrons. The lowest BCUT2D eigenvalue weighted by Gasteiger charge is -2.05. The molecule has 0 aliphatic carbocycles. The number of rotatable bonds is 3. The van der Waals surface area contributed by atoms with Gasteiger partial charge < -0.3 is 8.83 Å². The topological polar surface area (TPSA) is 74.1 Å². The normalized spacial score (nSPS) is 11.4. The first-order valence-corrected chi connectivity index (χ1v) is 9.90. The van der Waals surface area contributed by atoms with Crippen LogP contribution in [-0.2, 0) is 0 Å². The fraction of sp³-hybridized carbons (Fsp3) is 0. The van der Waals surface area contributed by atoms with E-state index in [0.29, 0.717) is 28.2 Å². The van der Waals surface area contributed by atoms with Crippen LogP contribution in [0.5, 0.6) is 0 Å². The Balaban J connectivity index is 1.60. The maximum Gasteiger partial charge on any atom is 0.282 e. The smallest absolute Gasteiger partial charge is 0.282 e. The number of para-hydroxylation sites is 1. The lowest BCUT2D eigenvalue weighted by Crippen LogP contribution is -2.19. The van der Waals surface area contributed by atoms with Gasteiger partial charge in [-0.25, -0.2) is 4.39 Å². The zero-order valence-electron chi connectivity index (χ0n) is 16.5. The number of furan rings is 1. The maximum absolute atomic E-state index is 13.5. The van der Waals surface area contributed by atoms with E-state index in [1.165, 1.54) is 16.7 Å². The molecule has 0 aliphatic heterocycles. The van der Waals surface area contributed by atoms with Crippen molar-refractivity contribution in [3.05, 3.63) is 101 Å². The quantitative estimate of drug-likeness (QED) is 0.371. The molecule has 4 heterocycles. The lowest BCUT2D eigenvalue weighted by atomic mass is 10.1. The van der Waals surface area contributed by atoms with Crippen LogP contribution in [0.25, 0.3) is 50.7 Å². The van der Waals surface area contributed by atoms with Gasteiger partial charge in [0.1, 0.15) is 16.9 Å². The number of aromatic nitrogens is 3. The van der Waals surface area contributed by atoms with Crippen LogP contribution < -0.4 is 5.56 Å². The van der Waals surface area contributed by atoms with E-state index in [-0.39, 0.29) is 23.1 Å². The summed E-state index contributed by atoms with van der Waals surface area (Å²) >= 11 is 0. The van der Waals surface area contributed by atoms with E-state index in [0.717, 1.165) is 10.8 Å². The molecule has 0 saturated heterocycles. The third-order valence-electron chi connectivity index (χ3n) is 5.24. The Morgan fingerprint density at radius 2 is 1.69 bits per heavy atom. The number of benzene rings is 2. The van der Waals surface area contributed by atoms with Gasteiger partial charge in [0, 0.05) is 28.7 Å². The second-order valence-corrected chi connectivity index (χ2v) is 7.26. The minimum atomic E-state index is -0.376. The zero-order chi connectivity index (χ0) is 21.7. The molecule has 7 heteroatoms. The van der Waals surface area contributed by atoms with Crippen LogP contribution in [0.4, 0.5) is 4.39 Å². The highest BCUT2D eigenvalue weighted by Gasteiger charge is 2.22. The molecule has 0 bridgehead atoms. The van der Waals surface area contributed by atoms with E-state index in [1.807, 2.05) is 36.4 Å². The second-order valence-electron chi connectivity index (χ2n) is 7.26. The summed E-state index contributed by atoms with van der Waals surface area (Å²) in [6.45, 7) is 0. The SMILES string of the molecule is O=c1c2ncccc2ccn1-c1nc(-c2cc3ccccc3o2)oc1-c1ccc(F)cc1. The molecule has 6 nitrogen and oxygen atoms in total. The first-order valence-electron chi connectivity index (χ1n) is 9.90. The summed E-state index contributed by atoms with van der Waals surface area (Å²) in [4.78, 5) is 22.0. The highest BCUT2D eigenvalue weighted by Crippen LogP contribution is 2.34. The van der Waals surface area contributed by atoms with Crippen molar-refractivity contribution in [1.82, 2.24) is 14.5 Å². The molecule has 0 fully saturated rings. The van der Waals surface area contributed by atoms with Crippen molar-refractivity contribution in [2.24, 2.45) is 0 Å². The van der Waals surface area contributed by atoms with Crippen LogP contribution in [-0.4, -0.2) is 14.5 Å². The Morgan fingerprint density at radius 3 is 2.53 bits per heavy atom. The largest absolute Gasteiger partial charge is 0.451 e. The fourth-order valence-corrected chi connectivity index (χ4v) is 3.69. The molecule has 0 unspecified atom stereocenters. The molecule has 6 aromatic rings. The zero-order valence-corrected chi connectivity index (χ0v) is 16.5. The highest BCUT2D eigenvalue weighted by atomic mass is 19.1. The molecule has 0 N–H and O–H groups in total. The van der Waals surface area contributed by atoms with Gasteiger partial charge in [-0.05, 0) is 48.5 Å². The van der Waals surface area contributed by atoms with Gasteiger partial charge in [0.2, 0.25) is 0 Å². The summed E-state index contributed by atoms with van der Waals surface area (Å²) in [5, 5.41) is 1.62. The Kier molecular flexibility index (Phi) is 4.01. The maximum atomic E-state index is 13.5. The van der Waals surface area contributed by atoms with E-state index < -0.39 is 0 Å². The number of hydrogen-bond acceptors (Lipinski definition) is 5. The molecule has 6 rings (SSSR count). The number of hydrogen-bond donors (Lipinski definition) is 0. The molecule has 2 aromatic carbocycles. The predicted octanol–water partition coefficient (Wildman–Crippen LogP) is 5.59. The minimum absolute atomic E-state index is 0.212. The number of nitrogens with zero attached hydrogens (tertiary/aromatic N) is 3. The highest BCUT2D eigenvalue weighted by molar-refractivity contribution is 5.82. The van der Waals surface area contributed by atoms with Crippen molar-refractivity contribution in [2.75, 3.05) is 0 Å².